The van der Waals surface area contributed by atoms with Crippen LogP contribution in [-0.2, 0) is 6.42 Å². The van der Waals surface area contributed by atoms with Gasteiger partial charge in [-0.05, 0) is 80.3 Å². The molecule has 3 aromatic carbocycles. The fraction of sp³-hybridized carbons (Fsp3) is 0.258. The molecule has 4 aromatic rings. The number of aromatic nitrogens is 2. The zero-order valence-corrected chi connectivity index (χ0v) is 22.5. The molecule has 38 heavy (non-hydrogen) atoms. The van der Waals surface area contributed by atoms with Gasteiger partial charge in [0.15, 0.2) is 5.82 Å². The van der Waals surface area contributed by atoms with Crippen molar-refractivity contribution in [2.24, 2.45) is 5.41 Å². The lowest BCUT2D eigenvalue weighted by Crippen LogP contribution is -2.42. The van der Waals surface area contributed by atoms with E-state index in [0.29, 0.717) is 10.6 Å². The van der Waals surface area contributed by atoms with Crippen molar-refractivity contribution in [3.63, 3.8) is 0 Å². The van der Waals surface area contributed by atoms with E-state index in [-0.39, 0.29) is 18.0 Å². The van der Waals surface area contributed by atoms with Crippen LogP contribution < -0.4 is 10.6 Å². The Morgan fingerprint density at radius 2 is 1.71 bits per heavy atom. The first-order valence-corrected chi connectivity index (χ1v) is 13.0. The zero-order valence-electron chi connectivity index (χ0n) is 21.7. The normalized spacial score (nSPS) is 13.6. The Balaban J connectivity index is 1.67. The number of halogens is 1. The maximum absolute atomic E-state index is 10.1. The molecular formula is C31H31ClN6. The van der Waals surface area contributed by atoms with Gasteiger partial charge in [0.25, 0.3) is 0 Å². The minimum Gasteiger partial charge on any atom is -0.339 e. The van der Waals surface area contributed by atoms with Gasteiger partial charge in [-0.25, -0.2) is 0 Å². The van der Waals surface area contributed by atoms with Crippen molar-refractivity contribution in [1.82, 2.24) is 15.5 Å². The molecule has 7 heteroatoms. The lowest BCUT2D eigenvalue weighted by Gasteiger charge is -2.36. The summed E-state index contributed by atoms with van der Waals surface area (Å²) in [6, 6.07) is 30.1. The molecule has 0 aliphatic heterocycles. The van der Waals surface area contributed by atoms with Crippen molar-refractivity contribution in [2.75, 3.05) is 5.32 Å². The number of nitrogens with one attached hydrogen (secondary N) is 3. The monoisotopic (exact) mass is 522 g/mol. The summed E-state index contributed by atoms with van der Waals surface area (Å²) in [6.45, 7) is 6.05. The van der Waals surface area contributed by atoms with Gasteiger partial charge in [0.2, 0.25) is 0 Å². The highest BCUT2D eigenvalue weighted by atomic mass is 35.5. The van der Waals surface area contributed by atoms with Gasteiger partial charge in [-0.1, -0.05) is 48.0 Å². The van der Waals surface area contributed by atoms with Crippen molar-refractivity contribution >= 4 is 23.1 Å². The maximum Gasteiger partial charge on any atom is 0.152 e. The summed E-state index contributed by atoms with van der Waals surface area (Å²) in [4.78, 5) is 0. The Hall–Kier alpha value is -4.10. The van der Waals surface area contributed by atoms with Gasteiger partial charge in [-0.15, -0.1) is 0 Å². The fourth-order valence-corrected chi connectivity index (χ4v) is 4.86. The first kappa shape index (κ1) is 26.9. The second-order valence-corrected chi connectivity index (χ2v) is 10.5. The average Bonchev–Trinajstić information content (AvgIpc) is 3.44. The standard InChI is InChI=1S/C31H31ClN6/c1-21(28(17-22-10-12-26(32)13-11-22)24-7-4-6-23(16-24)19-33)36-30(31(2,3)20-34)25-8-5-9-27(18-25)37-29-14-15-35-38-29/h4-16,18,21,28,30,36H,17H2,1-3H3,(H2,35,37,38)/t21?,28?,30-/m0/s1. The summed E-state index contributed by atoms with van der Waals surface area (Å²) < 4.78 is 0. The van der Waals surface area contributed by atoms with E-state index >= 15 is 0 Å². The van der Waals surface area contributed by atoms with Crippen LogP contribution in [0.15, 0.2) is 85.1 Å². The number of anilines is 2. The summed E-state index contributed by atoms with van der Waals surface area (Å²) in [7, 11) is 0. The third-order valence-corrected chi connectivity index (χ3v) is 7.10. The van der Waals surface area contributed by atoms with Gasteiger partial charge < -0.3 is 10.6 Å². The summed E-state index contributed by atoms with van der Waals surface area (Å²) in [5, 5.41) is 34.4. The first-order chi connectivity index (χ1) is 18.3. The van der Waals surface area contributed by atoms with Gasteiger partial charge in [0.1, 0.15) is 0 Å². The average molecular weight is 523 g/mol. The number of H-pyrrole nitrogens is 1. The van der Waals surface area contributed by atoms with E-state index in [4.69, 9.17) is 11.6 Å². The SMILES string of the molecule is CC(N[C@@H](c1cccc(Nc2cc[nH]n2)c1)C(C)(C)C#N)C(Cc1ccc(Cl)cc1)c1cccc(C#N)c1. The molecule has 0 fully saturated rings. The van der Waals surface area contributed by atoms with Gasteiger partial charge in [-0.2, -0.15) is 15.6 Å². The first-order valence-electron chi connectivity index (χ1n) is 12.6. The fourth-order valence-electron chi connectivity index (χ4n) is 4.74. The van der Waals surface area contributed by atoms with Crippen LogP contribution >= 0.6 is 11.6 Å². The molecule has 4 rings (SSSR count). The Morgan fingerprint density at radius 1 is 0.974 bits per heavy atom. The van der Waals surface area contributed by atoms with Crippen LogP contribution in [0.25, 0.3) is 0 Å². The number of hydrogen-bond donors (Lipinski definition) is 3. The lowest BCUT2D eigenvalue weighted by atomic mass is 9.79. The maximum atomic E-state index is 10.1. The van der Waals surface area contributed by atoms with E-state index in [9.17, 15) is 10.5 Å². The lowest BCUT2D eigenvalue weighted by molar-refractivity contribution is 0.281. The van der Waals surface area contributed by atoms with E-state index < -0.39 is 5.41 Å². The van der Waals surface area contributed by atoms with Crippen LogP contribution in [0.5, 0.6) is 0 Å². The second kappa shape index (κ2) is 12.0. The molecule has 1 heterocycles. The number of nitrogens with zero attached hydrogens (tertiary/aromatic N) is 3. The van der Waals surface area contributed by atoms with E-state index in [0.717, 1.165) is 34.6 Å². The molecule has 0 bridgehead atoms. The Labute approximate surface area is 229 Å². The van der Waals surface area contributed by atoms with Crippen LogP contribution in [-0.4, -0.2) is 16.2 Å². The van der Waals surface area contributed by atoms with Crippen LogP contribution in [0.3, 0.4) is 0 Å². The van der Waals surface area contributed by atoms with Crippen LogP contribution in [0.2, 0.25) is 5.02 Å². The van der Waals surface area contributed by atoms with Crippen LogP contribution in [0.4, 0.5) is 11.5 Å². The minimum absolute atomic E-state index is 0.0276. The number of benzene rings is 3. The van der Waals surface area contributed by atoms with E-state index in [1.54, 1.807) is 6.20 Å². The molecule has 0 saturated heterocycles. The summed E-state index contributed by atoms with van der Waals surface area (Å²) in [6.07, 6.45) is 2.51. The van der Waals surface area contributed by atoms with Crippen molar-refractivity contribution in [1.29, 1.82) is 10.5 Å². The number of rotatable bonds is 10. The summed E-state index contributed by atoms with van der Waals surface area (Å²) in [5.41, 5.74) is 4.04. The largest absolute Gasteiger partial charge is 0.339 e. The summed E-state index contributed by atoms with van der Waals surface area (Å²) >= 11 is 6.14. The smallest absolute Gasteiger partial charge is 0.152 e. The van der Waals surface area contributed by atoms with E-state index in [1.807, 2.05) is 80.6 Å². The van der Waals surface area contributed by atoms with Crippen molar-refractivity contribution in [3.05, 3.63) is 112 Å². The molecule has 0 amide bonds. The number of hydrogen-bond acceptors (Lipinski definition) is 5. The molecule has 1 aromatic heterocycles. The highest BCUT2D eigenvalue weighted by Gasteiger charge is 2.34. The van der Waals surface area contributed by atoms with Gasteiger partial charge in [0, 0.05) is 34.9 Å². The number of nitriles is 2. The Morgan fingerprint density at radius 3 is 2.39 bits per heavy atom. The Kier molecular flexibility index (Phi) is 8.48. The molecule has 0 radical (unpaired) electrons. The predicted octanol–water partition coefficient (Wildman–Crippen LogP) is 7.27. The molecular weight excluding hydrogens is 492 g/mol. The molecule has 6 nitrogen and oxygen atoms in total. The highest BCUT2D eigenvalue weighted by Crippen LogP contribution is 2.37. The predicted molar refractivity (Wildman–Crippen MR) is 152 cm³/mol. The van der Waals surface area contributed by atoms with Crippen LogP contribution in [0.1, 0.15) is 55.0 Å². The third kappa shape index (κ3) is 6.61. The quantitative estimate of drug-likeness (QED) is 0.203. The van der Waals surface area contributed by atoms with Crippen LogP contribution in [0, 0.1) is 28.1 Å². The zero-order chi connectivity index (χ0) is 27.1. The van der Waals surface area contributed by atoms with Gasteiger partial charge in [0.05, 0.1) is 29.2 Å². The van der Waals surface area contributed by atoms with Crippen molar-refractivity contribution in [3.8, 4) is 12.1 Å². The van der Waals surface area contributed by atoms with E-state index in [1.165, 1.54) is 0 Å². The second-order valence-electron chi connectivity index (χ2n) is 10.1. The molecule has 0 aliphatic carbocycles. The summed E-state index contributed by atoms with van der Waals surface area (Å²) in [5.74, 6) is 0.770. The van der Waals surface area contributed by atoms with Crippen molar-refractivity contribution < 1.29 is 0 Å². The molecule has 2 unspecified atom stereocenters. The van der Waals surface area contributed by atoms with E-state index in [2.05, 4.69) is 52.0 Å². The molecule has 0 saturated carbocycles. The van der Waals surface area contributed by atoms with Gasteiger partial charge in [-0.3, -0.25) is 5.10 Å². The third-order valence-electron chi connectivity index (χ3n) is 6.85. The topological polar surface area (TPSA) is 100 Å². The van der Waals surface area contributed by atoms with Crippen molar-refractivity contribution in [2.45, 2.75) is 45.2 Å². The Bertz CT molecular complexity index is 1430. The molecule has 0 spiro atoms. The van der Waals surface area contributed by atoms with Gasteiger partial charge >= 0.3 is 0 Å². The highest BCUT2D eigenvalue weighted by molar-refractivity contribution is 6.30. The molecule has 0 aliphatic rings. The number of aromatic amines is 1. The molecule has 3 atom stereocenters. The molecule has 192 valence electrons. The minimum atomic E-state index is -0.696. The molecule has 3 N–H and O–H groups in total.